The van der Waals surface area contributed by atoms with Crippen LogP contribution < -0.4 is 26.2 Å². The molecular weight excluding hydrogens is 952 g/mol. The van der Waals surface area contributed by atoms with Crippen molar-refractivity contribution in [1.82, 2.24) is 0 Å². The molecule has 14 rings (SSSR count). The van der Waals surface area contributed by atoms with E-state index < -0.39 is 0 Å². The van der Waals surface area contributed by atoms with Gasteiger partial charge in [-0.25, -0.2) is 0 Å². The summed E-state index contributed by atoms with van der Waals surface area (Å²) in [6, 6.07) is 88.0. The van der Waals surface area contributed by atoms with E-state index in [4.69, 9.17) is 0 Å². The second-order valence-corrected chi connectivity index (χ2v) is 25.4. The lowest BCUT2D eigenvalue weighted by Crippen LogP contribution is -2.61. The predicted octanol–water partition coefficient (Wildman–Crippen LogP) is 19.2. The van der Waals surface area contributed by atoms with Crippen LogP contribution in [0.2, 0.25) is 0 Å². The summed E-state index contributed by atoms with van der Waals surface area (Å²) in [5, 5.41) is 7.78. The molecule has 12 aromatic carbocycles. The van der Waals surface area contributed by atoms with Crippen LogP contribution in [0.3, 0.4) is 0 Å². The number of hydrogen-bond donors (Lipinski definition) is 0. The van der Waals surface area contributed by atoms with Gasteiger partial charge in [0.05, 0.1) is 5.69 Å². The van der Waals surface area contributed by atoms with Crippen LogP contribution in [0, 0.1) is 0 Å². The Labute approximate surface area is 467 Å². The van der Waals surface area contributed by atoms with Gasteiger partial charge in [0, 0.05) is 34.0 Å². The number of nitrogens with zero attached hydrogens (tertiary/aromatic N) is 2. The topological polar surface area (TPSA) is 6.48 Å². The Morgan fingerprint density at radius 3 is 1.39 bits per heavy atom. The molecule has 0 radical (unpaired) electrons. The second kappa shape index (κ2) is 17.9. The Morgan fingerprint density at radius 1 is 0.291 bits per heavy atom. The van der Waals surface area contributed by atoms with Crippen LogP contribution in [-0.2, 0) is 16.2 Å². The van der Waals surface area contributed by atoms with Gasteiger partial charge >= 0.3 is 0 Å². The van der Waals surface area contributed by atoms with E-state index in [0.29, 0.717) is 0 Å². The zero-order chi connectivity index (χ0) is 54.1. The van der Waals surface area contributed by atoms with E-state index in [1.807, 2.05) is 0 Å². The molecule has 0 spiro atoms. The SMILES string of the molecule is CC(C)(C)c1ccc(N2c3cc(-c4c(-c5ccccc5)cccc4-c4ccccc4)ccc3B3c4cc(C(C)(C)C)ccc4N(c4ccc(C(C)(C)C)cc4-c4cc5ccc6cccc7ccc(c4)c5c67)c4cccc2c43)cc1. The summed E-state index contributed by atoms with van der Waals surface area (Å²) in [6.07, 6.45) is 0. The maximum absolute atomic E-state index is 2.62. The number of anilines is 6. The standard InChI is InChI=1S/C76H65BN2/c1-74(2,3)56-34-38-59(39-35-56)78-67-27-18-28-68-73(67)77(63-40-33-54(45-69(63)78)72-60(48-19-12-10-13-20-48)25-17-26-61(72)49-21-14-11-15-22-49)64-47-58(76(7,8)9)37-42-66(64)79(68)65-41-36-57(75(4,5)6)46-62(65)55-43-52-31-29-50-23-16-24-51-30-32-53(44-55)71(52)70(50)51/h10-47H,1-9H3. The van der Waals surface area contributed by atoms with Crippen molar-refractivity contribution < 1.29 is 0 Å². The van der Waals surface area contributed by atoms with E-state index in [-0.39, 0.29) is 23.0 Å². The van der Waals surface area contributed by atoms with E-state index in [1.165, 1.54) is 138 Å². The van der Waals surface area contributed by atoms with Crippen molar-refractivity contribution in [3.63, 3.8) is 0 Å². The average Bonchev–Trinajstić information content (AvgIpc) is 3.46. The van der Waals surface area contributed by atoms with Gasteiger partial charge in [-0.1, -0.05) is 232 Å². The summed E-state index contributed by atoms with van der Waals surface area (Å²) in [6.45, 7) is 20.9. The van der Waals surface area contributed by atoms with Crippen LogP contribution in [0.5, 0.6) is 0 Å². The molecule has 0 aliphatic carbocycles. The number of rotatable bonds is 6. The first kappa shape index (κ1) is 48.7. The lowest BCUT2D eigenvalue weighted by Gasteiger charge is -2.45. The highest BCUT2D eigenvalue weighted by molar-refractivity contribution is 7.00. The lowest BCUT2D eigenvalue weighted by atomic mass is 9.33. The summed E-state index contributed by atoms with van der Waals surface area (Å²) >= 11 is 0. The third kappa shape index (κ3) is 7.99. The second-order valence-electron chi connectivity index (χ2n) is 25.4. The molecular formula is C76H65BN2. The van der Waals surface area contributed by atoms with Crippen molar-refractivity contribution in [2.45, 2.75) is 78.6 Å². The quantitative estimate of drug-likeness (QED) is 0.121. The van der Waals surface area contributed by atoms with Crippen LogP contribution in [0.15, 0.2) is 231 Å². The van der Waals surface area contributed by atoms with Crippen LogP contribution in [-0.4, -0.2) is 6.71 Å². The largest absolute Gasteiger partial charge is 0.311 e. The van der Waals surface area contributed by atoms with Crippen LogP contribution >= 0.6 is 0 Å². The molecule has 0 amide bonds. The fraction of sp³-hybridized carbons (Fsp3) is 0.158. The Hall–Kier alpha value is -8.66. The molecule has 0 bridgehead atoms. The summed E-state index contributed by atoms with van der Waals surface area (Å²) in [4.78, 5) is 5.19. The Kier molecular flexibility index (Phi) is 11.1. The summed E-state index contributed by atoms with van der Waals surface area (Å²) in [7, 11) is 0. The minimum Gasteiger partial charge on any atom is -0.311 e. The molecule has 0 aromatic heterocycles. The summed E-state index contributed by atoms with van der Waals surface area (Å²) < 4.78 is 0. The molecule has 0 N–H and O–H groups in total. The molecule has 2 aliphatic heterocycles. The van der Waals surface area contributed by atoms with Crippen molar-refractivity contribution in [2.24, 2.45) is 0 Å². The number of benzene rings is 12. The summed E-state index contributed by atoms with van der Waals surface area (Å²) in [5.74, 6) is 0. The highest BCUT2D eigenvalue weighted by Gasteiger charge is 2.44. The Balaban J connectivity index is 1.04. The molecule has 382 valence electrons. The first-order valence-corrected chi connectivity index (χ1v) is 28.3. The van der Waals surface area contributed by atoms with Gasteiger partial charge in [-0.3, -0.25) is 0 Å². The molecule has 12 aromatic rings. The predicted molar refractivity (Wildman–Crippen MR) is 342 cm³/mol. The molecule has 0 fully saturated rings. The fourth-order valence-corrected chi connectivity index (χ4v) is 13.1. The molecule has 3 heteroatoms. The molecule has 2 nitrogen and oxygen atoms in total. The zero-order valence-electron chi connectivity index (χ0n) is 46.9. The summed E-state index contributed by atoms with van der Waals surface area (Å²) in [5.41, 5.74) is 24.5. The van der Waals surface area contributed by atoms with Gasteiger partial charge in [-0.05, 0) is 181 Å². The van der Waals surface area contributed by atoms with Crippen LogP contribution in [0.1, 0.15) is 79.0 Å². The van der Waals surface area contributed by atoms with Gasteiger partial charge in [0.25, 0.3) is 6.71 Å². The lowest BCUT2D eigenvalue weighted by molar-refractivity contribution is 0.590. The van der Waals surface area contributed by atoms with E-state index >= 15 is 0 Å². The van der Waals surface area contributed by atoms with Crippen molar-refractivity contribution in [1.29, 1.82) is 0 Å². The van der Waals surface area contributed by atoms with Gasteiger partial charge in [0.15, 0.2) is 0 Å². The Morgan fingerprint density at radius 2 is 0.797 bits per heavy atom. The average molecular weight is 1020 g/mol. The third-order valence-corrected chi connectivity index (χ3v) is 17.3. The molecule has 0 unspecified atom stereocenters. The zero-order valence-corrected chi connectivity index (χ0v) is 46.9. The molecule has 0 saturated carbocycles. The first-order valence-electron chi connectivity index (χ1n) is 28.3. The van der Waals surface area contributed by atoms with Gasteiger partial charge in [-0.15, -0.1) is 0 Å². The van der Waals surface area contributed by atoms with Crippen molar-refractivity contribution in [2.75, 3.05) is 9.80 Å². The molecule has 79 heavy (non-hydrogen) atoms. The van der Waals surface area contributed by atoms with Gasteiger partial charge in [0.1, 0.15) is 0 Å². The molecule has 2 heterocycles. The van der Waals surface area contributed by atoms with Gasteiger partial charge in [0.2, 0.25) is 0 Å². The van der Waals surface area contributed by atoms with E-state index in [1.54, 1.807) is 0 Å². The number of hydrogen-bond acceptors (Lipinski definition) is 2. The van der Waals surface area contributed by atoms with Crippen molar-refractivity contribution in [3.05, 3.63) is 247 Å². The van der Waals surface area contributed by atoms with Crippen molar-refractivity contribution in [3.8, 4) is 44.5 Å². The van der Waals surface area contributed by atoms with Gasteiger partial charge < -0.3 is 9.80 Å². The molecule has 0 atom stereocenters. The minimum absolute atomic E-state index is 0.00249. The minimum atomic E-state index is -0.0830. The molecule has 2 aliphatic rings. The maximum Gasteiger partial charge on any atom is 0.252 e. The Bertz CT molecular complexity index is 4240. The highest BCUT2D eigenvalue weighted by atomic mass is 15.2. The smallest absolute Gasteiger partial charge is 0.252 e. The van der Waals surface area contributed by atoms with E-state index in [9.17, 15) is 0 Å². The highest BCUT2D eigenvalue weighted by Crippen LogP contribution is 2.50. The molecule has 0 saturated heterocycles. The van der Waals surface area contributed by atoms with Crippen LogP contribution in [0.4, 0.5) is 34.1 Å². The van der Waals surface area contributed by atoms with Crippen molar-refractivity contribution >= 4 is 89.5 Å². The van der Waals surface area contributed by atoms with Crippen LogP contribution in [0.25, 0.3) is 76.8 Å². The van der Waals surface area contributed by atoms with Gasteiger partial charge in [-0.2, -0.15) is 0 Å². The monoisotopic (exact) mass is 1020 g/mol. The third-order valence-electron chi connectivity index (χ3n) is 17.3. The first-order chi connectivity index (χ1) is 38.1. The maximum atomic E-state index is 2.62. The number of fused-ring (bicyclic) bond motifs is 4. The van der Waals surface area contributed by atoms with E-state index in [0.717, 1.165) is 5.69 Å². The normalized spacial score (nSPS) is 13.3. The van der Waals surface area contributed by atoms with E-state index in [2.05, 4.69) is 303 Å². The fourth-order valence-electron chi connectivity index (χ4n) is 13.1.